The molecule has 2 unspecified atom stereocenters. The van der Waals surface area contributed by atoms with E-state index in [-0.39, 0.29) is 6.61 Å². The Morgan fingerprint density at radius 1 is 1.40 bits per heavy atom. The molecule has 15 heavy (non-hydrogen) atoms. The predicted octanol–water partition coefficient (Wildman–Crippen LogP) is 1.71. The van der Waals surface area contributed by atoms with E-state index < -0.39 is 23.9 Å². The number of hydrogen-bond acceptors (Lipinski definition) is 3. The normalized spacial score (nSPS) is 14.8. The second-order valence-electron chi connectivity index (χ2n) is 2.88. The Hall–Kier alpha value is -0.780. The first-order valence-electron chi connectivity index (χ1n) is 4.46. The van der Waals surface area contributed by atoms with Crippen LogP contribution in [0, 0.1) is 0 Å². The van der Waals surface area contributed by atoms with E-state index in [2.05, 4.69) is 0 Å². The Morgan fingerprint density at radius 2 is 2.07 bits per heavy atom. The first kappa shape index (κ1) is 12.3. The molecule has 0 fully saturated rings. The van der Waals surface area contributed by atoms with Crippen LogP contribution in [0.15, 0.2) is 35.2 Å². The van der Waals surface area contributed by atoms with Crippen molar-refractivity contribution in [1.29, 1.82) is 0 Å². The van der Waals surface area contributed by atoms with Crippen molar-refractivity contribution >= 4 is 11.1 Å². The van der Waals surface area contributed by atoms with Crippen LogP contribution in [0.5, 0.6) is 0 Å². The van der Waals surface area contributed by atoms with E-state index in [1.165, 1.54) is 7.11 Å². The Balaban J connectivity index is 2.55. The van der Waals surface area contributed by atoms with Gasteiger partial charge in [-0.05, 0) is 12.1 Å². The van der Waals surface area contributed by atoms with E-state index in [4.69, 9.17) is 8.92 Å². The minimum atomic E-state index is -1.63. The van der Waals surface area contributed by atoms with Crippen LogP contribution in [0.1, 0.15) is 0 Å². The highest BCUT2D eigenvalue weighted by Crippen LogP contribution is 2.09. The first-order valence-corrected chi connectivity index (χ1v) is 5.54. The lowest BCUT2D eigenvalue weighted by Gasteiger charge is -2.11. The second kappa shape index (κ2) is 6.66. The molecule has 3 nitrogen and oxygen atoms in total. The maximum Gasteiger partial charge on any atom is 0.189 e. The zero-order chi connectivity index (χ0) is 11.1. The van der Waals surface area contributed by atoms with Crippen LogP contribution in [0.25, 0.3) is 0 Å². The van der Waals surface area contributed by atoms with E-state index in [9.17, 15) is 8.60 Å². The summed E-state index contributed by atoms with van der Waals surface area (Å²) < 4.78 is 33.7. The van der Waals surface area contributed by atoms with Crippen molar-refractivity contribution < 1.29 is 17.5 Å². The van der Waals surface area contributed by atoms with Crippen molar-refractivity contribution in [2.45, 2.75) is 11.0 Å². The van der Waals surface area contributed by atoms with Crippen molar-refractivity contribution in [1.82, 2.24) is 0 Å². The summed E-state index contributed by atoms with van der Waals surface area (Å²) in [5, 5.41) is 0. The molecule has 2 atom stereocenters. The standard InChI is InChI=1S/C10H13FO3S/c1-13-8-9(7-11)14-15(12)10-5-3-2-4-6-10/h2-6,9H,7-8H2,1H3. The average molecular weight is 232 g/mol. The van der Waals surface area contributed by atoms with Gasteiger partial charge in [0, 0.05) is 7.11 Å². The van der Waals surface area contributed by atoms with Gasteiger partial charge in [0.15, 0.2) is 11.1 Å². The van der Waals surface area contributed by atoms with Gasteiger partial charge in [-0.3, -0.25) is 4.18 Å². The number of rotatable bonds is 6. The van der Waals surface area contributed by atoms with Crippen molar-refractivity contribution in [3.05, 3.63) is 30.3 Å². The zero-order valence-electron chi connectivity index (χ0n) is 8.39. The second-order valence-corrected chi connectivity index (χ2v) is 4.01. The molecule has 0 saturated carbocycles. The van der Waals surface area contributed by atoms with Gasteiger partial charge in [0.1, 0.15) is 12.8 Å². The van der Waals surface area contributed by atoms with Gasteiger partial charge in [-0.15, -0.1) is 0 Å². The summed E-state index contributed by atoms with van der Waals surface area (Å²) in [5.74, 6) is 0. The van der Waals surface area contributed by atoms with Gasteiger partial charge in [-0.1, -0.05) is 18.2 Å². The topological polar surface area (TPSA) is 35.5 Å². The molecule has 1 aromatic carbocycles. The van der Waals surface area contributed by atoms with Crippen molar-refractivity contribution in [2.75, 3.05) is 20.4 Å². The summed E-state index contributed by atoms with van der Waals surface area (Å²) in [4.78, 5) is 0.520. The fourth-order valence-corrected chi connectivity index (χ4v) is 1.84. The van der Waals surface area contributed by atoms with E-state index in [1.807, 2.05) is 6.07 Å². The minimum absolute atomic E-state index is 0.0923. The highest BCUT2D eigenvalue weighted by molar-refractivity contribution is 7.80. The third kappa shape index (κ3) is 4.07. The number of hydrogen-bond donors (Lipinski definition) is 0. The molecule has 0 spiro atoms. The van der Waals surface area contributed by atoms with Gasteiger partial charge in [-0.25, -0.2) is 8.60 Å². The molecule has 0 saturated heterocycles. The maximum absolute atomic E-state index is 12.4. The quantitative estimate of drug-likeness (QED) is 0.749. The lowest BCUT2D eigenvalue weighted by Crippen LogP contribution is -2.22. The van der Waals surface area contributed by atoms with Crippen LogP contribution >= 0.6 is 0 Å². The number of methoxy groups -OCH3 is 1. The minimum Gasteiger partial charge on any atom is -0.382 e. The summed E-state index contributed by atoms with van der Waals surface area (Å²) in [6.07, 6.45) is -0.781. The maximum atomic E-state index is 12.4. The lowest BCUT2D eigenvalue weighted by molar-refractivity contribution is 0.0736. The van der Waals surface area contributed by atoms with Crippen LogP contribution in [0.4, 0.5) is 4.39 Å². The van der Waals surface area contributed by atoms with Crippen LogP contribution in [-0.4, -0.2) is 30.7 Å². The lowest BCUT2D eigenvalue weighted by atomic mass is 10.4. The van der Waals surface area contributed by atoms with E-state index in [1.54, 1.807) is 24.3 Å². The third-order valence-electron chi connectivity index (χ3n) is 1.68. The smallest absolute Gasteiger partial charge is 0.189 e. The fraction of sp³-hybridized carbons (Fsp3) is 0.400. The molecule has 0 radical (unpaired) electrons. The Kier molecular flexibility index (Phi) is 5.45. The third-order valence-corrected chi connectivity index (χ3v) is 2.79. The molecular formula is C10H13FO3S. The van der Waals surface area contributed by atoms with Crippen molar-refractivity contribution in [3.63, 3.8) is 0 Å². The van der Waals surface area contributed by atoms with Gasteiger partial charge in [0.05, 0.1) is 11.5 Å². The van der Waals surface area contributed by atoms with Crippen LogP contribution in [0.2, 0.25) is 0 Å². The van der Waals surface area contributed by atoms with E-state index in [0.29, 0.717) is 4.90 Å². The predicted molar refractivity (Wildman–Crippen MR) is 55.6 cm³/mol. The molecule has 1 rings (SSSR count). The number of alkyl halides is 1. The molecular weight excluding hydrogens is 219 g/mol. The fourth-order valence-electron chi connectivity index (χ4n) is 0.995. The largest absolute Gasteiger partial charge is 0.382 e. The molecule has 0 N–H and O–H groups in total. The zero-order valence-corrected chi connectivity index (χ0v) is 9.21. The van der Waals surface area contributed by atoms with Gasteiger partial charge in [-0.2, -0.15) is 0 Å². The summed E-state index contributed by atoms with van der Waals surface area (Å²) in [5.41, 5.74) is 0. The van der Waals surface area contributed by atoms with E-state index >= 15 is 0 Å². The van der Waals surface area contributed by atoms with Gasteiger partial charge in [0.25, 0.3) is 0 Å². The van der Waals surface area contributed by atoms with Gasteiger partial charge >= 0.3 is 0 Å². The number of ether oxygens (including phenoxy) is 1. The molecule has 0 heterocycles. The van der Waals surface area contributed by atoms with Crippen molar-refractivity contribution in [2.24, 2.45) is 0 Å². The Labute approximate surface area is 90.9 Å². The average Bonchev–Trinajstić information content (AvgIpc) is 2.29. The first-order chi connectivity index (χ1) is 7.27. The molecule has 1 aromatic rings. The SMILES string of the molecule is COCC(CF)OS(=O)c1ccccc1. The van der Waals surface area contributed by atoms with Gasteiger partial charge < -0.3 is 4.74 Å². The van der Waals surface area contributed by atoms with E-state index in [0.717, 1.165) is 0 Å². The molecule has 0 aliphatic carbocycles. The summed E-state index contributed by atoms with van der Waals surface area (Å²) >= 11 is -1.63. The summed E-state index contributed by atoms with van der Waals surface area (Å²) in [7, 11) is 1.44. The monoisotopic (exact) mass is 232 g/mol. The molecule has 0 amide bonds. The van der Waals surface area contributed by atoms with Crippen LogP contribution in [-0.2, 0) is 20.0 Å². The van der Waals surface area contributed by atoms with Gasteiger partial charge in [0.2, 0.25) is 0 Å². The molecule has 0 aliphatic rings. The Morgan fingerprint density at radius 3 is 2.60 bits per heavy atom. The Bertz CT molecular complexity index is 305. The molecule has 0 aliphatic heterocycles. The highest BCUT2D eigenvalue weighted by atomic mass is 32.2. The van der Waals surface area contributed by atoms with Crippen LogP contribution < -0.4 is 0 Å². The number of halogens is 1. The van der Waals surface area contributed by atoms with Crippen LogP contribution in [0.3, 0.4) is 0 Å². The van der Waals surface area contributed by atoms with Crippen molar-refractivity contribution in [3.8, 4) is 0 Å². The molecule has 84 valence electrons. The summed E-state index contributed by atoms with van der Waals surface area (Å²) in [6, 6.07) is 8.63. The molecule has 0 aromatic heterocycles. The number of benzene rings is 1. The molecule has 5 heteroatoms. The summed E-state index contributed by atoms with van der Waals surface area (Å²) in [6.45, 7) is -0.624. The molecule has 0 bridgehead atoms. The highest BCUT2D eigenvalue weighted by Gasteiger charge is 2.14.